The zero-order chi connectivity index (χ0) is 29.1. The van der Waals surface area contributed by atoms with E-state index in [9.17, 15) is 20.0 Å². The topological polar surface area (TPSA) is 121 Å². The molecule has 1 saturated heterocycles. The zero-order valence-corrected chi connectivity index (χ0v) is 24.6. The Balaban J connectivity index is 1.55. The molecule has 1 aliphatic carbocycles. The first kappa shape index (κ1) is 28.4. The van der Waals surface area contributed by atoms with Crippen LogP contribution in [0.5, 0.6) is 0 Å². The van der Waals surface area contributed by atoms with Crippen molar-refractivity contribution in [3.8, 4) is 0 Å². The highest BCUT2D eigenvalue weighted by atomic mass is 79.9. The van der Waals surface area contributed by atoms with Crippen LogP contribution in [0.15, 0.2) is 53.1 Å². The number of fused-ring (bicyclic) bond motifs is 2. The highest BCUT2D eigenvalue weighted by Crippen LogP contribution is 2.58. The lowest BCUT2D eigenvalue weighted by atomic mass is 9.73. The van der Waals surface area contributed by atoms with E-state index in [1.165, 1.54) is 12.3 Å². The summed E-state index contributed by atoms with van der Waals surface area (Å²) < 4.78 is 16.5. The van der Waals surface area contributed by atoms with Crippen LogP contribution in [0, 0.1) is 21.8 Å². The summed E-state index contributed by atoms with van der Waals surface area (Å²) in [5.41, 5.74) is 0.214. The quantitative estimate of drug-likeness (QED) is 0.219. The third-order valence-electron chi connectivity index (χ3n) is 8.33. The molecule has 1 amide bonds. The molecule has 0 radical (unpaired) electrons. The number of aromatic nitrogens is 1. The van der Waals surface area contributed by atoms with Crippen molar-refractivity contribution in [2.75, 3.05) is 18.5 Å². The van der Waals surface area contributed by atoms with Crippen LogP contribution in [-0.2, 0) is 16.9 Å². The van der Waals surface area contributed by atoms with Crippen LogP contribution < -0.4 is 10.6 Å². The van der Waals surface area contributed by atoms with Gasteiger partial charge in [0.25, 0.3) is 0 Å². The molecule has 2 fully saturated rings. The van der Waals surface area contributed by atoms with Crippen LogP contribution >= 0.6 is 39.1 Å². The molecule has 3 aliphatic rings. The molecule has 2 aromatic carbocycles. The number of amides is 1. The summed E-state index contributed by atoms with van der Waals surface area (Å²) >= 11 is 15.9. The number of anilines is 1. The molecular weight excluding hydrogens is 640 g/mol. The van der Waals surface area contributed by atoms with Crippen LogP contribution in [0.1, 0.15) is 35.4 Å². The molecule has 41 heavy (non-hydrogen) atoms. The molecule has 1 spiro atoms. The van der Waals surface area contributed by atoms with Crippen molar-refractivity contribution in [3.05, 3.63) is 95.8 Å². The molecule has 1 saturated carbocycles. The molecule has 1 aromatic heterocycles. The average molecular weight is 665 g/mol. The maximum atomic E-state index is 16.0. The summed E-state index contributed by atoms with van der Waals surface area (Å²) in [6.07, 6.45) is 3.29. The Kier molecular flexibility index (Phi) is 7.54. The summed E-state index contributed by atoms with van der Waals surface area (Å²) in [7, 11) is 0. The first-order valence-corrected chi connectivity index (χ1v) is 14.7. The van der Waals surface area contributed by atoms with E-state index in [4.69, 9.17) is 23.2 Å². The molecule has 2 aliphatic heterocycles. The Morgan fingerprint density at radius 3 is 2.76 bits per heavy atom. The first-order valence-electron chi connectivity index (χ1n) is 13.1. The van der Waals surface area contributed by atoms with Crippen LogP contribution in [0.4, 0.5) is 15.9 Å². The third kappa shape index (κ3) is 4.72. The normalized spacial score (nSPS) is 25.5. The summed E-state index contributed by atoms with van der Waals surface area (Å²) in [6, 6.07) is 10.0. The first-order chi connectivity index (χ1) is 19.7. The van der Waals surface area contributed by atoms with E-state index >= 15 is 4.39 Å². The number of hydrogen-bond donors (Lipinski definition) is 3. The number of hydrogen-bond acceptors (Lipinski definition) is 7. The van der Waals surface area contributed by atoms with Crippen molar-refractivity contribution < 1.29 is 19.2 Å². The molecule has 6 rings (SSSR count). The van der Waals surface area contributed by atoms with E-state index in [0.717, 1.165) is 12.8 Å². The largest absolute Gasteiger partial charge is 0.395 e. The number of benzene rings is 2. The maximum absolute atomic E-state index is 16.0. The van der Waals surface area contributed by atoms with Gasteiger partial charge in [-0.15, -0.1) is 0 Å². The Bertz CT molecular complexity index is 1560. The fraction of sp³-hybridized carbons (Fsp3) is 0.357. The van der Waals surface area contributed by atoms with Gasteiger partial charge >= 0.3 is 5.82 Å². The number of carbonyl (C=O) groups excluding carboxylic acids is 1. The van der Waals surface area contributed by atoms with Gasteiger partial charge in [-0.3, -0.25) is 9.69 Å². The second kappa shape index (κ2) is 10.9. The van der Waals surface area contributed by atoms with Crippen LogP contribution in [0.25, 0.3) is 0 Å². The smallest absolute Gasteiger partial charge is 0.367 e. The molecule has 13 heteroatoms. The van der Waals surface area contributed by atoms with Gasteiger partial charge in [0.1, 0.15) is 11.4 Å². The molecule has 3 N–H and O–H groups in total. The number of halogens is 4. The highest BCUT2D eigenvalue weighted by molar-refractivity contribution is 9.10. The van der Waals surface area contributed by atoms with Crippen LogP contribution in [0.2, 0.25) is 10.0 Å². The lowest BCUT2D eigenvalue weighted by Crippen LogP contribution is -2.53. The summed E-state index contributed by atoms with van der Waals surface area (Å²) in [6.45, 7) is 0.126. The lowest BCUT2D eigenvalue weighted by Gasteiger charge is -2.39. The second-order valence-corrected chi connectivity index (χ2v) is 12.4. The van der Waals surface area contributed by atoms with Crippen molar-refractivity contribution in [2.45, 2.75) is 42.9 Å². The molecule has 0 bridgehead atoms. The minimum absolute atomic E-state index is 0.0228. The Labute approximate surface area is 253 Å². The molecule has 3 aromatic rings. The van der Waals surface area contributed by atoms with Gasteiger partial charge in [-0.2, -0.15) is 0 Å². The third-order valence-corrected chi connectivity index (χ3v) is 9.29. The fourth-order valence-corrected chi connectivity index (χ4v) is 7.23. The molecule has 0 unspecified atom stereocenters. The number of likely N-dealkylation sites (tertiary alicyclic amines) is 1. The van der Waals surface area contributed by atoms with Gasteiger partial charge in [0.15, 0.2) is 6.20 Å². The molecule has 214 valence electrons. The van der Waals surface area contributed by atoms with Crippen LogP contribution in [-0.4, -0.2) is 51.1 Å². The summed E-state index contributed by atoms with van der Waals surface area (Å²) in [5.74, 6) is -1.92. The van der Waals surface area contributed by atoms with E-state index < -0.39 is 34.3 Å². The number of aliphatic hydroxyl groups excluding tert-OH is 1. The summed E-state index contributed by atoms with van der Waals surface area (Å²) in [5, 5.41) is 29.3. The minimum Gasteiger partial charge on any atom is -0.395 e. The number of nitro groups is 1. The number of aliphatic hydroxyl groups is 1. The van der Waals surface area contributed by atoms with Gasteiger partial charge in [-0.05, 0) is 74.4 Å². The molecular formula is C28H25BrCl2FN5O4. The molecule has 9 nitrogen and oxygen atoms in total. The van der Waals surface area contributed by atoms with Crippen molar-refractivity contribution in [1.82, 2.24) is 15.2 Å². The van der Waals surface area contributed by atoms with Crippen molar-refractivity contribution in [1.29, 1.82) is 0 Å². The molecule has 4 atom stereocenters. The number of pyridine rings is 1. The van der Waals surface area contributed by atoms with Gasteiger partial charge in [-0.1, -0.05) is 41.4 Å². The zero-order valence-electron chi connectivity index (χ0n) is 21.5. The van der Waals surface area contributed by atoms with E-state index in [1.54, 1.807) is 36.4 Å². The van der Waals surface area contributed by atoms with Gasteiger partial charge in [-0.25, -0.2) is 4.39 Å². The Morgan fingerprint density at radius 2 is 2.05 bits per heavy atom. The second-order valence-electron chi connectivity index (χ2n) is 10.7. The number of nitrogens with one attached hydrogen (secondary N) is 2. The predicted octanol–water partition coefficient (Wildman–Crippen LogP) is 5.37. The van der Waals surface area contributed by atoms with Crippen molar-refractivity contribution in [3.63, 3.8) is 0 Å². The van der Waals surface area contributed by atoms with E-state index in [2.05, 4.69) is 31.5 Å². The standard InChI is InChI=1S/C28H25BrCl2FN5O4/c29-16-8-15(26(34-11-16)37(40)41)10-33-25-22(13-38)36(12-14-4-5-14)28(23(25)18-2-1-3-20(31)24(18)32)19-7-6-17(30)9-21(19)35-27(28)39/h1-3,6-9,11,14,22-23,25,33,38H,4-5,10,12-13H2,(H,35,39)/t22-,23-,25+,28+/m0/s1. The summed E-state index contributed by atoms with van der Waals surface area (Å²) in [4.78, 5) is 31.4. The maximum Gasteiger partial charge on any atom is 0.367 e. The van der Waals surface area contributed by atoms with Crippen molar-refractivity contribution >= 4 is 56.5 Å². The van der Waals surface area contributed by atoms with Gasteiger partial charge in [0.2, 0.25) is 5.91 Å². The monoisotopic (exact) mass is 663 g/mol. The Hall–Kier alpha value is -2.67. The van der Waals surface area contributed by atoms with E-state index in [0.29, 0.717) is 38.8 Å². The van der Waals surface area contributed by atoms with Crippen LogP contribution in [0.3, 0.4) is 0 Å². The molecule has 3 heterocycles. The number of rotatable bonds is 8. The fourth-order valence-electron chi connectivity index (χ4n) is 6.50. The number of nitrogens with zero attached hydrogens (tertiary/aromatic N) is 3. The van der Waals surface area contributed by atoms with Gasteiger partial charge < -0.3 is 25.9 Å². The van der Waals surface area contributed by atoms with Gasteiger partial charge in [0.05, 0.1) is 27.7 Å². The SMILES string of the molecule is O=C1Nc2cc(Cl)ccc2[C@@]12[C@@H](c1cccc(Cl)c1F)[C@H](NCc1cc(Br)cnc1[N+](=O)[O-])[C@H](CO)N2CC1CC1. The number of carbonyl (C=O) groups is 1. The van der Waals surface area contributed by atoms with Crippen molar-refractivity contribution in [2.24, 2.45) is 5.92 Å². The lowest BCUT2D eigenvalue weighted by molar-refractivity contribution is -0.390. The van der Waals surface area contributed by atoms with E-state index in [1.807, 2.05) is 4.90 Å². The average Bonchev–Trinajstić information content (AvgIpc) is 3.65. The van der Waals surface area contributed by atoms with Gasteiger partial charge in [0, 0.05) is 41.3 Å². The predicted molar refractivity (Wildman–Crippen MR) is 155 cm³/mol. The highest BCUT2D eigenvalue weighted by Gasteiger charge is 2.67. The Morgan fingerprint density at radius 1 is 1.27 bits per heavy atom. The minimum atomic E-state index is -1.42. The van der Waals surface area contributed by atoms with E-state index in [-0.39, 0.29) is 35.5 Å².